The molecule has 2 heterocycles. The molecule has 1 aliphatic heterocycles. The summed E-state index contributed by atoms with van der Waals surface area (Å²) >= 11 is 1.48. The van der Waals surface area contributed by atoms with Crippen molar-refractivity contribution in [2.45, 2.75) is 83.5 Å². The minimum atomic E-state index is -0.805. The van der Waals surface area contributed by atoms with Crippen LogP contribution in [0.2, 0.25) is 0 Å². The molecule has 60 heavy (non-hydrogen) atoms. The first-order valence-corrected chi connectivity index (χ1v) is 21.6. The number of nitrogens with zero attached hydrogens (tertiary/aromatic N) is 3. The summed E-state index contributed by atoms with van der Waals surface area (Å²) in [5.74, 6) is 2.67. The van der Waals surface area contributed by atoms with Crippen LogP contribution in [0.1, 0.15) is 69.5 Å². The molecule has 0 aliphatic carbocycles. The lowest BCUT2D eigenvalue weighted by Gasteiger charge is -2.34. The van der Waals surface area contributed by atoms with E-state index in [1.165, 1.54) is 16.2 Å². The molecule has 18 heteroatoms. The van der Waals surface area contributed by atoms with Gasteiger partial charge in [-0.2, -0.15) is 0 Å². The van der Waals surface area contributed by atoms with E-state index in [1.54, 1.807) is 32.2 Å². The lowest BCUT2D eigenvalue weighted by molar-refractivity contribution is -0.142. The van der Waals surface area contributed by atoms with Crippen LogP contribution in [-0.4, -0.2) is 149 Å². The number of carbonyl (C=O) groups excluding carboxylic acids is 5. The molecule has 0 radical (unpaired) electrons. The highest BCUT2D eigenvalue weighted by Gasteiger charge is 2.40. The summed E-state index contributed by atoms with van der Waals surface area (Å²) in [6, 6.07) is 8.44. The summed E-state index contributed by atoms with van der Waals surface area (Å²) < 4.78 is 27.5. The van der Waals surface area contributed by atoms with Gasteiger partial charge in [0.2, 0.25) is 23.6 Å². The van der Waals surface area contributed by atoms with E-state index in [-0.39, 0.29) is 73.9 Å². The zero-order chi connectivity index (χ0) is 43.7. The number of amides is 4. The van der Waals surface area contributed by atoms with Gasteiger partial charge in [0, 0.05) is 45.1 Å². The Hall–Kier alpha value is -3.88. The molecule has 2 aromatic rings. The number of carbonyl (C=O) groups is 5. The number of rotatable bonds is 31. The molecule has 17 nitrogen and oxygen atoms in total. The second-order valence-corrected chi connectivity index (χ2v) is 15.9. The van der Waals surface area contributed by atoms with Crippen molar-refractivity contribution >= 4 is 40.7 Å². The SMILES string of the molecule is COC(C(C)C(=O)NC(Cc1ccccc1)c1nccs1)C1CCCN1C(=O)CCC(=O)CNC(=O)C(C(C)C)N(C)C(=O)CCOCCOCCOCCOCCON. The summed E-state index contributed by atoms with van der Waals surface area (Å²) in [6.07, 6.45) is 3.10. The molecule has 0 saturated carbocycles. The molecule has 1 aromatic heterocycles. The van der Waals surface area contributed by atoms with E-state index in [0.717, 1.165) is 17.0 Å². The number of ketones is 1. The van der Waals surface area contributed by atoms with Crippen molar-refractivity contribution in [1.82, 2.24) is 25.4 Å². The standard InChI is InChI=1S/C42H66N6O11S/c1-30(2)38(47(4)36(50)15-18-55-19-20-56-21-22-57-23-24-58-25-26-59-43)41(53)45-29-33(49)13-14-37(51)48-17-9-12-35(48)39(54-5)31(3)40(52)46-34(42-44-16-27-60-42)28-32-10-7-6-8-11-32/h6-8,10-11,16,27,30-31,34-35,38-39H,9,12-15,17-26,28-29,43H2,1-5H3,(H,45,53)(H,46,52). The van der Waals surface area contributed by atoms with Gasteiger partial charge < -0.3 is 49.0 Å². The van der Waals surface area contributed by atoms with Crippen LogP contribution in [0.5, 0.6) is 0 Å². The molecule has 0 spiro atoms. The summed E-state index contributed by atoms with van der Waals surface area (Å²) in [5, 5.41) is 8.53. The normalized spacial score (nSPS) is 16.0. The quantitative estimate of drug-likeness (QED) is 0.0736. The maximum Gasteiger partial charge on any atom is 0.243 e. The summed E-state index contributed by atoms with van der Waals surface area (Å²) in [5.41, 5.74) is 1.07. The Morgan fingerprint density at radius 3 is 2.10 bits per heavy atom. The maximum atomic E-state index is 13.7. The van der Waals surface area contributed by atoms with Gasteiger partial charge in [0.05, 0.1) is 96.5 Å². The number of likely N-dealkylation sites (N-methyl/N-ethyl adjacent to an activating group) is 1. The Bertz CT molecular complexity index is 1550. The highest BCUT2D eigenvalue weighted by Crippen LogP contribution is 2.28. The second-order valence-electron chi connectivity index (χ2n) is 14.9. The fourth-order valence-corrected chi connectivity index (χ4v) is 7.79. The Morgan fingerprint density at radius 2 is 1.52 bits per heavy atom. The number of aromatic nitrogens is 1. The molecule has 5 unspecified atom stereocenters. The monoisotopic (exact) mass is 862 g/mol. The van der Waals surface area contributed by atoms with E-state index < -0.39 is 24.0 Å². The summed E-state index contributed by atoms with van der Waals surface area (Å²) in [7, 11) is 3.11. The van der Waals surface area contributed by atoms with Crippen LogP contribution in [0.3, 0.4) is 0 Å². The van der Waals surface area contributed by atoms with Gasteiger partial charge in [0.25, 0.3) is 0 Å². The van der Waals surface area contributed by atoms with Crippen LogP contribution in [0, 0.1) is 11.8 Å². The van der Waals surface area contributed by atoms with Crippen LogP contribution in [0.4, 0.5) is 0 Å². The number of nitrogens with two attached hydrogens (primary N) is 1. The van der Waals surface area contributed by atoms with Crippen molar-refractivity contribution in [3.05, 3.63) is 52.5 Å². The first-order chi connectivity index (χ1) is 29.0. The number of thiazole rings is 1. The van der Waals surface area contributed by atoms with E-state index in [4.69, 9.17) is 29.6 Å². The van der Waals surface area contributed by atoms with Crippen LogP contribution < -0.4 is 16.5 Å². The van der Waals surface area contributed by atoms with Crippen molar-refractivity contribution < 1.29 is 52.5 Å². The van der Waals surface area contributed by atoms with Crippen molar-refractivity contribution in [1.29, 1.82) is 0 Å². The molecule has 5 atom stereocenters. The largest absolute Gasteiger partial charge is 0.379 e. The number of benzene rings is 1. The average molecular weight is 863 g/mol. The molecule has 0 bridgehead atoms. The fraction of sp³-hybridized carbons (Fsp3) is 0.667. The van der Waals surface area contributed by atoms with E-state index in [1.807, 2.05) is 49.6 Å². The van der Waals surface area contributed by atoms with Crippen LogP contribution >= 0.6 is 11.3 Å². The predicted molar refractivity (Wildman–Crippen MR) is 225 cm³/mol. The summed E-state index contributed by atoms with van der Waals surface area (Å²) in [4.78, 5) is 78.2. The molecular weight excluding hydrogens is 797 g/mol. The van der Waals surface area contributed by atoms with Crippen molar-refractivity contribution in [3.63, 3.8) is 0 Å². The molecular formula is C42H66N6O11S. The van der Waals surface area contributed by atoms with Gasteiger partial charge in [0.15, 0.2) is 5.78 Å². The Balaban J connectivity index is 1.39. The van der Waals surface area contributed by atoms with Gasteiger partial charge in [-0.05, 0) is 30.7 Å². The third-order valence-electron chi connectivity index (χ3n) is 10.2. The average Bonchev–Trinajstić information content (AvgIpc) is 3.96. The minimum absolute atomic E-state index is 0.0435. The molecule has 1 aliphatic rings. The number of ether oxygens (including phenoxy) is 5. The van der Waals surface area contributed by atoms with E-state index in [0.29, 0.717) is 72.2 Å². The maximum absolute atomic E-state index is 13.7. The molecule has 3 rings (SSSR count). The van der Waals surface area contributed by atoms with Crippen LogP contribution in [0.25, 0.3) is 0 Å². The Morgan fingerprint density at radius 1 is 0.883 bits per heavy atom. The lowest BCUT2D eigenvalue weighted by Crippen LogP contribution is -2.51. The molecule has 1 fully saturated rings. The Kier molecular flexibility index (Phi) is 24.1. The topological polar surface area (TPSA) is 210 Å². The molecule has 4 amide bonds. The second kappa shape index (κ2) is 28.6. The number of nitrogens with one attached hydrogen (secondary N) is 2. The number of hydrogen-bond acceptors (Lipinski definition) is 14. The molecule has 1 saturated heterocycles. The van der Waals surface area contributed by atoms with Gasteiger partial charge in [-0.15, -0.1) is 11.3 Å². The smallest absolute Gasteiger partial charge is 0.243 e. The first kappa shape index (κ1) is 50.5. The van der Waals surface area contributed by atoms with Crippen LogP contribution in [0.15, 0.2) is 41.9 Å². The lowest BCUT2D eigenvalue weighted by atomic mass is 9.94. The van der Waals surface area contributed by atoms with Crippen LogP contribution in [-0.2, 0) is 58.9 Å². The predicted octanol–water partition coefficient (Wildman–Crippen LogP) is 2.48. The van der Waals surface area contributed by atoms with Crippen molar-refractivity contribution in [3.8, 4) is 0 Å². The first-order valence-electron chi connectivity index (χ1n) is 20.7. The number of likely N-dealkylation sites (tertiary alicyclic amines) is 1. The highest BCUT2D eigenvalue weighted by atomic mass is 32.1. The molecule has 336 valence electrons. The van der Waals surface area contributed by atoms with E-state index in [9.17, 15) is 24.0 Å². The third-order valence-corrected chi connectivity index (χ3v) is 11.1. The zero-order valence-electron chi connectivity index (χ0n) is 35.8. The number of methoxy groups -OCH3 is 1. The van der Waals surface area contributed by atoms with Gasteiger partial charge in [-0.1, -0.05) is 51.1 Å². The molecule has 1 aromatic carbocycles. The number of hydrogen-bond donors (Lipinski definition) is 3. The van der Waals surface area contributed by atoms with Gasteiger partial charge in [-0.3, -0.25) is 24.0 Å². The van der Waals surface area contributed by atoms with Gasteiger partial charge in [0.1, 0.15) is 11.0 Å². The zero-order valence-corrected chi connectivity index (χ0v) is 36.7. The summed E-state index contributed by atoms with van der Waals surface area (Å²) in [6.45, 7) is 8.85. The van der Waals surface area contributed by atoms with E-state index in [2.05, 4.69) is 20.5 Å². The Labute approximate surface area is 358 Å². The van der Waals surface area contributed by atoms with Gasteiger partial charge in [-0.25, -0.2) is 10.9 Å². The third kappa shape index (κ3) is 17.6. The van der Waals surface area contributed by atoms with Crippen molar-refractivity contribution in [2.75, 3.05) is 86.7 Å². The van der Waals surface area contributed by atoms with Gasteiger partial charge >= 0.3 is 0 Å². The fourth-order valence-electron chi connectivity index (χ4n) is 7.10. The molecule has 4 N–H and O–H groups in total. The van der Waals surface area contributed by atoms with E-state index >= 15 is 0 Å². The highest BCUT2D eigenvalue weighted by molar-refractivity contribution is 7.09. The number of Topliss-reactive ketones (excluding diaryl/α,β-unsaturated/α-hetero) is 1. The minimum Gasteiger partial charge on any atom is -0.379 e. The van der Waals surface area contributed by atoms with Crippen molar-refractivity contribution in [2.24, 2.45) is 17.7 Å².